The lowest BCUT2D eigenvalue weighted by atomic mass is 10.1. The zero-order valence-electron chi connectivity index (χ0n) is 11.8. The summed E-state index contributed by atoms with van der Waals surface area (Å²) in [6.07, 6.45) is 6.26. The summed E-state index contributed by atoms with van der Waals surface area (Å²) in [5.74, 6) is 1.73. The first-order valence-corrected chi connectivity index (χ1v) is 7.12. The van der Waals surface area contributed by atoms with Gasteiger partial charge in [-0.15, -0.1) is 0 Å². The summed E-state index contributed by atoms with van der Waals surface area (Å²) in [6.45, 7) is 0.874. The van der Waals surface area contributed by atoms with E-state index in [9.17, 15) is 5.26 Å². The summed E-state index contributed by atoms with van der Waals surface area (Å²) >= 11 is 0. The van der Waals surface area contributed by atoms with E-state index >= 15 is 0 Å². The average Bonchev–Trinajstić information content (AvgIpc) is 3.22. The second kappa shape index (κ2) is 5.01. The molecule has 3 heterocycles. The van der Waals surface area contributed by atoms with Crippen LogP contribution in [0.5, 0.6) is 0 Å². The van der Waals surface area contributed by atoms with Crippen molar-refractivity contribution in [1.29, 1.82) is 5.26 Å². The van der Waals surface area contributed by atoms with Gasteiger partial charge in [0.15, 0.2) is 0 Å². The standard InChI is InChI=1S/C17H13N5/c18-8-13-9-22(10-15(13)12-4-2-1-3-5-12)17-14-6-7-19-16(14)20-11-21-17/h1-5,9-11H,6-7H2,(H,19,20,21). The Kier molecular flexibility index (Phi) is 2.87. The number of benzene rings is 1. The van der Waals surface area contributed by atoms with E-state index in [-0.39, 0.29) is 0 Å². The SMILES string of the molecule is N#Cc1cn(-c2ncnc3c2CCN3)cc1-c1ccccc1. The lowest BCUT2D eigenvalue weighted by molar-refractivity contribution is 0.951. The maximum absolute atomic E-state index is 9.42. The fourth-order valence-electron chi connectivity index (χ4n) is 2.83. The van der Waals surface area contributed by atoms with E-state index in [0.717, 1.165) is 41.3 Å². The summed E-state index contributed by atoms with van der Waals surface area (Å²) < 4.78 is 1.92. The number of hydrogen-bond donors (Lipinski definition) is 1. The zero-order chi connectivity index (χ0) is 14.9. The van der Waals surface area contributed by atoms with Crippen molar-refractivity contribution in [2.45, 2.75) is 6.42 Å². The lowest BCUT2D eigenvalue weighted by Gasteiger charge is -2.06. The number of hydrogen-bond acceptors (Lipinski definition) is 4. The summed E-state index contributed by atoms with van der Waals surface area (Å²) in [6, 6.07) is 12.2. The Labute approximate surface area is 127 Å². The van der Waals surface area contributed by atoms with Gasteiger partial charge in [-0.2, -0.15) is 5.26 Å². The molecule has 1 N–H and O–H groups in total. The van der Waals surface area contributed by atoms with Crippen LogP contribution in [0.3, 0.4) is 0 Å². The third-order valence-electron chi connectivity index (χ3n) is 3.87. The van der Waals surface area contributed by atoms with Crippen LogP contribution in [0.15, 0.2) is 49.1 Å². The van der Waals surface area contributed by atoms with E-state index in [1.807, 2.05) is 47.3 Å². The van der Waals surface area contributed by atoms with Crippen LogP contribution >= 0.6 is 0 Å². The molecule has 0 amide bonds. The van der Waals surface area contributed by atoms with E-state index < -0.39 is 0 Å². The molecule has 5 nitrogen and oxygen atoms in total. The molecule has 0 bridgehead atoms. The highest BCUT2D eigenvalue weighted by molar-refractivity contribution is 5.71. The molecule has 0 aliphatic carbocycles. The highest BCUT2D eigenvalue weighted by Crippen LogP contribution is 2.29. The van der Waals surface area contributed by atoms with Crippen LogP contribution in [-0.4, -0.2) is 21.1 Å². The highest BCUT2D eigenvalue weighted by Gasteiger charge is 2.19. The molecule has 1 aliphatic heterocycles. The molecule has 0 saturated heterocycles. The fraction of sp³-hybridized carbons (Fsp3) is 0.118. The fourth-order valence-corrected chi connectivity index (χ4v) is 2.83. The molecule has 0 saturated carbocycles. The predicted octanol–water partition coefficient (Wildman–Crippen LogP) is 2.77. The summed E-state index contributed by atoms with van der Waals surface area (Å²) in [5.41, 5.74) is 3.69. The number of nitriles is 1. The third kappa shape index (κ3) is 1.93. The minimum absolute atomic E-state index is 0.643. The average molecular weight is 287 g/mol. The van der Waals surface area contributed by atoms with Crippen molar-refractivity contribution in [2.24, 2.45) is 0 Å². The highest BCUT2D eigenvalue weighted by atomic mass is 15.1. The molecule has 1 aromatic carbocycles. The van der Waals surface area contributed by atoms with E-state index in [1.165, 1.54) is 0 Å². The molecule has 4 rings (SSSR count). The van der Waals surface area contributed by atoms with Crippen LogP contribution in [0.25, 0.3) is 16.9 Å². The Balaban J connectivity index is 1.87. The molecule has 2 aromatic heterocycles. The van der Waals surface area contributed by atoms with Gasteiger partial charge in [0.05, 0.1) is 5.56 Å². The molecule has 0 radical (unpaired) electrons. The third-order valence-corrected chi connectivity index (χ3v) is 3.87. The van der Waals surface area contributed by atoms with E-state index in [0.29, 0.717) is 5.56 Å². The smallest absolute Gasteiger partial charge is 0.145 e. The van der Waals surface area contributed by atoms with Crippen LogP contribution in [0.2, 0.25) is 0 Å². The van der Waals surface area contributed by atoms with Gasteiger partial charge in [-0.3, -0.25) is 0 Å². The topological polar surface area (TPSA) is 66.5 Å². The second-order valence-electron chi connectivity index (χ2n) is 5.17. The quantitative estimate of drug-likeness (QED) is 0.787. The summed E-state index contributed by atoms with van der Waals surface area (Å²) in [5, 5.41) is 12.7. The van der Waals surface area contributed by atoms with E-state index in [2.05, 4.69) is 21.4 Å². The predicted molar refractivity (Wildman–Crippen MR) is 83.7 cm³/mol. The Morgan fingerprint density at radius 3 is 2.82 bits per heavy atom. The number of rotatable bonds is 2. The molecule has 0 fully saturated rings. The normalized spacial score (nSPS) is 12.5. The second-order valence-corrected chi connectivity index (χ2v) is 5.17. The van der Waals surface area contributed by atoms with Crippen molar-refractivity contribution < 1.29 is 0 Å². The minimum atomic E-state index is 0.643. The Bertz CT molecular complexity index is 874. The molecule has 22 heavy (non-hydrogen) atoms. The van der Waals surface area contributed by atoms with Gasteiger partial charge in [-0.05, 0) is 12.0 Å². The van der Waals surface area contributed by atoms with Crippen LogP contribution in [0, 0.1) is 11.3 Å². The van der Waals surface area contributed by atoms with E-state index in [4.69, 9.17) is 0 Å². The molecule has 5 heteroatoms. The van der Waals surface area contributed by atoms with Gasteiger partial charge >= 0.3 is 0 Å². The van der Waals surface area contributed by atoms with E-state index in [1.54, 1.807) is 6.33 Å². The van der Waals surface area contributed by atoms with Crippen molar-refractivity contribution in [1.82, 2.24) is 14.5 Å². The minimum Gasteiger partial charge on any atom is -0.369 e. The molecule has 0 unspecified atom stereocenters. The van der Waals surface area contributed by atoms with Gasteiger partial charge in [0.25, 0.3) is 0 Å². The first-order chi connectivity index (χ1) is 10.9. The van der Waals surface area contributed by atoms with Crippen LogP contribution < -0.4 is 5.32 Å². The maximum atomic E-state index is 9.42. The monoisotopic (exact) mass is 287 g/mol. The Hall–Kier alpha value is -3.13. The Morgan fingerprint density at radius 2 is 2.00 bits per heavy atom. The summed E-state index contributed by atoms with van der Waals surface area (Å²) in [7, 11) is 0. The number of nitrogens with zero attached hydrogens (tertiary/aromatic N) is 4. The van der Waals surface area contributed by atoms with Gasteiger partial charge in [-0.1, -0.05) is 30.3 Å². The largest absolute Gasteiger partial charge is 0.369 e. The molecule has 0 atom stereocenters. The number of fused-ring (bicyclic) bond motifs is 1. The number of nitrogens with one attached hydrogen (secondary N) is 1. The van der Waals surface area contributed by atoms with Crippen molar-refractivity contribution in [3.05, 3.63) is 60.2 Å². The number of anilines is 1. The van der Waals surface area contributed by atoms with Crippen molar-refractivity contribution >= 4 is 5.82 Å². The van der Waals surface area contributed by atoms with Gasteiger partial charge in [0.1, 0.15) is 24.0 Å². The molecule has 0 spiro atoms. The van der Waals surface area contributed by atoms with Gasteiger partial charge in [-0.25, -0.2) is 9.97 Å². The Morgan fingerprint density at radius 1 is 1.14 bits per heavy atom. The number of aromatic nitrogens is 3. The van der Waals surface area contributed by atoms with Crippen LogP contribution in [0.1, 0.15) is 11.1 Å². The van der Waals surface area contributed by atoms with Crippen molar-refractivity contribution in [3.63, 3.8) is 0 Å². The van der Waals surface area contributed by atoms with Crippen LogP contribution in [0.4, 0.5) is 5.82 Å². The van der Waals surface area contributed by atoms with Gasteiger partial charge < -0.3 is 9.88 Å². The van der Waals surface area contributed by atoms with Gasteiger partial charge in [0, 0.05) is 30.1 Å². The zero-order valence-corrected chi connectivity index (χ0v) is 11.8. The van der Waals surface area contributed by atoms with Crippen molar-refractivity contribution in [3.8, 4) is 23.0 Å². The molecular formula is C17H13N5. The first-order valence-electron chi connectivity index (χ1n) is 7.12. The van der Waals surface area contributed by atoms with Crippen molar-refractivity contribution in [2.75, 3.05) is 11.9 Å². The van der Waals surface area contributed by atoms with Crippen LogP contribution in [-0.2, 0) is 6.42 Å². The lowest BCUT2D eigenvalue weighted by Crippen LogP contribution is -2.00. The molecular weight excluding hydrogens is 274 g/mol. The molecule has 3 aromatic rings. The van der Waals surface area contributed by atoms with Gasteiger partial charge in [0.2, 0.25) is 0 Å². The first kappa shape index (κ1) is 12.6. The summed E-state index contributed by atoms with van der Waals surface area (Å²) in [4.78, 5) is 8.66. The molecule has 1 aliphatic rings. The maximum Gasteiger partial charge on any atom is 0.145 e. The molecule has 106 valence electrons.